The number of hydrogen-bond acceptors (Lipinski definition) is 8. The summed E-state index contributed by atoms with van der Waals surface area (Å²) >= 11 is 1.50. The Hall–Kier alpha value is -0.0400. The first kappa shape index (κ1) is 24.6. The van der Waals surface area contributed by atoms with Crippen LogP contribution in [-0.2, 0) is 20.5 Å². The molecule has 0 aliphatic carbocycles. The lowest BCUT2D eigenvalue weighted by molar-refractivity contribution is -0.203. The van der Waals surface area contributed by atoms with Gasteiger partial charge in [-0.05, 0) is 33.6 Å². The van der Waals surface area contributed by atoms with Gasteiger partial charge in [-0.25, -0.2) is 8.93 Å². The quantitative estimate of drug-likeness (QED) is 0.430. The van der Waals surface area contributed by atoms with Gasteiger partial charge in [-0.2, -0.15) is 0 Å². The third-order valence-electron chi connectivity index (χ3n) is 5.67. The molecule has 0 aromatic heterocycles. The second kappa shape index (κ2) is 10.7. The summed E-state index contributed by atoms with van der Waals surface area (Å²) in [5.41, 5.74) is -0.668. The van der Waals surface area contributed by atoms with E-state index in [1.807, 2.05) is 26.8 Å². The summed E-state index contributed by atoms with van der Waals surface area (Å²) in [5.74, 6) is 0. The molecule has 2 saturated heterocycles. The highest BCUT2D eigenvalue weighted by atomic mass is 32.2. The van der Waals surface area contributed by atoms with Gasteiger partial charge in [-0.3, -0.25) is 4.90 Å². The second-order valence-corrected chi connectivity index (χ2v) is 12.6. The fourth-order valence-corrected chi connectivity index (χ4v) is 6.08. The lowest BCUT2D eigenvalue weighted by Crippen LogP contribution is -2.63. The van der Waals surface area contributed by atoms with E-state index >= 15 is 0 Å². The fourth-order valence-electron chi connectivity index (χ4n) is 3.81. The van der Waals surface area contributed by atoms with E-state index in [0.29, 0.717) is 6.42 Å². The Balaban J connectivity index is 1.77. The van der Waals surface area contributed by atoms with Crippen molar-refractivity contribution < 1.29 is 29.0 Å². The molecule has 8 nitrogen and oxygen atoms in total. The number of nitrogens with one attached hydrogen (secondary N) is 1. The van der Waals surface area contributed by atoms with Crippen LogP contribution in [0.5, 0.6) is 0 Å². The van der Waals surface area contributed by atoms with Crippen molar-refractivity contribution in [1.82, 2.24) is 9.62 Å². The number of allylic oxidation sites excluding steroid dienone is 1. The van der Waals surface area contributed by atoms with E-state index in [9.17, 15) is 19.5 Å². The maximum absolute atomic E-state index is 12.7. The number of nitrogens with zero attached hydrogens (tertiary/aromatic N) is 1. The van der Waals surface area contributed by atoms with Gasteiger partial charge in [0.15, 0.2) is 0 Å². The first-order valence-electron chi connectivity index (χ1n) is 10.6. The molecule has 3 aliphatic rings. The summed E-state index contributed by atoms with van der Waals surface area (Å²) in [4.78, 5) is 2.34. The van der Waals surface area contributed by atoms with Gasteiger partial charge >= 0.3 is 0 Å². The molecule has 30 heavy (non-hydrogen) atoms. The van der Waals surface area contributed by atoms with Crippen LogP contribution in [-0.4, -0.2) is 103 Å². The summed E-state index contributed by atoms with van der Waals surface area (Å²) in [6, 6.07) is -0.447. The van der Waals surface area contributed by atoms with E-state index in [-0.39, 0.29) is 5.25 Å². The largest absolute Gasteiger partial charge is 0.388 e. The zero-order valence-electron chi connectivity index (χ0n) is 18.0. The van der Waals surface area contributed by atoms with Crippen LogP contribution in [0, 0.1) is 0 Å². The number of aliphatic hydroxyl groups excluding tert-OH is 3. The first-order valence-corrected chi connectivity index (χ1v) is 12.7. The minimum absolute atomic E-state index is 0.176. The van der Waals surface area contributed by atoms with Crippen LogP contribution in [0.15, 0.2) is 12.2 Å². The summed E-state index contributed by atoms with van der Waals surface area (Å²) in [6.45, 7) is 9.66. The topological polar surface area (TPSA) is 111 Å². The molecule has 0 aromatic rings. The molecule has 10 heteroatoms. The van der Waals surface area contributed by atoms with Gasteiger partial charge < -0.3 is 24.8 Å². The SMILES string of the molecule is CC(C)(C)[S@@](=O)N[C@@H]1C/C=C\C[C@@H](CN2CCOCC2)S[C@H]2O[C@H]1[C@H](O)[C@H](O)[C@H]2O. The number of thioether (sulfide) groups is 1. The molecular weight excluding hydrogens is 428 g/mol. The van der Waals surface area contributed by atoms with Crippen molar-refractivity contribution in [2.75, 3.05) is 32.8 Å². The number of morpholine rings is 1. The van der Waals surface area contributed by atoms with E-state index in [4.69, 9.17) is 9.47 Å². The number of rotatable bonds is 4. The second-order valence-electron chi connectivity index (χ2n) is 9.16. The number of hydrogen-bond donors (Lipinski definition) is 4. The minimum Gasteiger partial charge on any atom is -0.388 e. The van der Waals surface area contributed by atoms with Gasteiger partial charge in [0, 0.05) is 24.9 Å². The van der Waals surface area contributed by atoms with E-state index in [2.05, 4.69) is 15.7 Å². The maximum atomic E-state index is 12.7. The predicted molar refractivity (Wildman–Crippen MR) is 119 cm³/mol. The summed E-state index contributed by atoms with van der Waals surface area (Å²) in [5, 5.41) is 31.9. The van der Waals surface area contributed by atoms with Gasteiger partial charge in [0.1, 0.15) is 29.9 Å². The van der Waals surface area contributed by atoms with Crippen molar-refractivity contribution in [3.8, 4) is 0 Å². The molecule has 0 saturated carbocycles. The number of fused-ring (bicyclic) bond motifs is 2. The van der Waals surface area contributed by atoms with E-state index in [1.54, 1.807) is 0 Å². The van der Waals surface area contributed by atoms with E-state index in [1.165, 1.54) is 11.8 Å². The van der Waals surface area contributed by atoms with Gasteiger partial charge in [-0.1, -0.05) is 12.2 Å². The Bertz CT molecular complexity index is 611. The zero-order chi connectivity index (χ0) is 21.9. The van der Waals surface area contributed by atoms with E-state index < -0.39 is 51.6 Å². The first-order chi connectivity index (χ1) is 14.2. The van der Waals surface area contributed by atoms with Crippen molar-refractivity contribution in [3.05, 3.63) is 12.2 Å². The fraction of sp³-hybridized carbons (Fsp3) is 0.900. The zero-order valence-corrected chi connectivity index (χ0v) is 19.6. The summed E-state index contributed by atoms with van der Waals surface area (Å²) in [7, 11) is -1.36. The van der Waals surface area contributed by atoms with Crippen LogP contribution in [0.3, 0.4) is 0 Å². The van der Waals surface area contributed by atoms with Crippen LogP contribution < -0.4 is 4.72 Å². The molecule has 0 unspecified atom stereocenters. The highest BCUT2D eigenvalue weighted by molar-refractivity contribution is 8.00. The minimum atomic E-state index is -1.36. The molecule has 2 bridgehead atoms. The molecule has 3 heterocycles. The Kier molecular flexibility index (Phi) is 8.79. The van der Waals surface area contributed by atoms with Gasteiger partial charge in [0.25, 0.3) is 0 Å². The molecule has 4 N–H and O–H groups in total. The van der Waals surface area contributed by atoms with Crippen molar-refractivity contribution in [2.45, 2.75) is 79.5 Å². The van der Waals surface area contributed by atoms with Crippen LogP contribution in [0.2, 0.25) is 0 Å². The van der Waals surface area contributed by atoms with Crippen molar-refractivity contribution >= 4 is 22.7 Å². The molecule has 2 fully saturated rings. The Labute approximate surface area is 186 Å². The van der Waals surface area contributed by atoms with Crippen LogP contribution in [0.1, 0.15) is 33.6 Å². The molecule has 3 aliphatic heterocycles. The molecule has 0 amide bonds. The number of ether oxygens (including phenoxy) is 2. The van der Waals surface area contributed by atoms with E-state index in [0.717, 1.165) is 39.3 Å². The monoisotopic (exact) mass is 464 g/mol. The molecule has 174 valence electrons. The highest BCUT2D eigenvalue weighted by Gasteiger charge is 2.48. The predicted octanol–water partition coefficient (Wildman–Crippen LogP) is -0.00160. The Morgan fingerprint density at radius 3 is 2.43 bits per heavy atom. The highest BCUT2D eigenvalue weighted by Crippen LogP contribution is 2.35. The Morgan fingerprint density at radius 1 is 1.10 bits per heavy atom. The molecule has 8 atom stereocenters. The summed E-state index contributed by atoms with van der Waals surface area (Å²) < 4.78 is 26.8. The van der Waals surface area contributed by atoms with Crippen LogP contribution >= 0.6 is 11.8 Å². The van der Waals surface area contributed by atoms with Crippen molar-refractivity contribution in [2.24, 2.45) is 0 Å². The average molecular weight is 465 g/mol. The van der Waals surface area contributed by atoms with Crippen molar-refractivity contribution in [1.29, 1.82) is 0 Å². The molecule has 0 spiro atoms. The maximum Gasteiger partial charge on any atom is 0.132 e. The standard InChI is InChI=1S/C20H36N2O6S2/c1-20(2,3)30(26)21-14-7-5-4-6-13(12-22-8-10-27-11-9-22)29-19-17(25)15(23)16(24)18(14)28-19/h4-5,13-19,21,23-25H,6-12H2,1-3H3/b5-4-/t13-,14+,15-,16+,17+,18+,19+,30+/m0/s1. The molecule has 0 aromatic carbocycles. The normalized spacial score (nSPS) is 41.2. The Morgan fingerprint density at radius 2 is 1.77 bits per heavy atom. The molecule has 3 rings (SSSR count). The third kappa shape index (κ3) is 6.26. The van der Waals surface area contributed by atoms with Gasteiger partial charge in [0.05, 0.1) is 35.0 Å². The van der Waals surface area contributed by atoms with Crippen LogP contribution in [0.4, 0.5) is 0 Å². The van der Waals surface area contributed by atoms with Gasteiger partial charge in [-0.15, -0.1) is 11.8 Å². The molecule has 0 radical (unpaired) electrons. The summed E-state index contributed by atoms with van der Waals surface area (Å²) in [6.07, 6.45) is 0.893. The van der Waals surface area contributed by atoms with Crippen molar-refractivity contribution in [3.63, 3.8) is 0 Å². The number of aliphatic hydroxyl groups is 3. The van der Waals surface area contributed by atoms with Crippen LogP contribution in [0.25, 0.3) is 0 Å². The molecular formula is C20H36N2O6S2. The van der Waals surface area contributed by atoms with Gasteiger partial charge in [0.2, 0.25) is 0 Å². The average Bonchev–Trinajstić information content (AvgIpc) is 2.70. The lowest BCUT2D eigenvalue weighted by atomic mass is 9.93. The smallest absolute Gasteiger partial charge is 0.132 e. The third-order valence-corrected chi connectivity index (χ3v) is 8.68. The lowest BCUT2D eigenvalue weighted by Gasteiger charge is -2.45.